The molecular formula is C22H20N2O3. The van der Waals surface area contributed by atoms with E-state index in [-0.39, 0.29) is 5.91 Å². The van der Waals surface area contributed by atoms with Crippen LogP contribution in [0, 0.1) is 0 Å². The Morgan fingerprint density at radius 3 is 2.74 bits per heavy atom. The Morgan fingerprint density at radius 2 is 2.00 bits per heavy atom. The number of amides is 1. The molecule has 1 aliphatic heterocycles. The molecule has 1 saturated heterocycles. The number of para-hydroxylation sites is 1. The molecule has 1 amide bonds. The largest absolute Gasteiger partial charge is 0.493 e. The van der Waals surface area contributed by atoms with Crippen LogP contribution in [-0.4, -0.2) is 30.3 Å². The van der Waals surface area contributed by atoms with E-state index >= 15 is 0 Å². The van der Waals surface area contributed by atoms with E-state index in [1.54, 1.807) is 4.90 Å². The highest BCUT2D eigenvalue weighted by Gasteiger charge is 2.23. The number of carbonyl (C=O) groups excluding carboxylic acids is 2. The number of rotatable bonds is 5. The first-order valence-electron chi connectivity index (χ1n) is 9.14. The fraction of sp³-hybridized carbons (Fsp3) is 0.227. The summed E-state index contributed by atoms with van der Waals surface area (Å²) in [4.78, 5) is 30.0. The molecule has 0 bridgehead atoms. The molecule has 0 atom stereocenters. The number of benzene rings is 2. The van der Waals surface area contributed by atoms with Gasteiger partial charge in [0.25, 0.3) is 0 Å². The number of hydrogen-bond donors (Lipinski definition) is 0. The van der Waals surface area contributed by atoms with Gasteiger partial charge in [0.2, 0.25) is 5.91 Å². The molecule has 0 unspecified atom stereocenters. The second-order valence-electron chi connectivity index (χ2n) is 6.49. The second-order valence-corrected chi connectivity index (χ2v) is 6.49. The van der Waals surface area contributed by atoms with Crippen LogP contribution in [-0.2, 0) is 4.79 Å². The molecule has 1 aromatic heterocycles. The fourth-order valence-corrected chi connectivity index (χ4v) is 3.53. The standard InChI is InChI=1S/C22H20N2O3/c1-2-27-21-13-16(24-11-5-8-22(24)26)9-10-17(21)18-12-15-6-3-4-7-19(15)23-20(18)14-25/h3-4,6-7,9-10,12-14H,2,5,8,11H2,1H3. The van der Waals surface area contributed by atoms with Gasteiger partial charge in [-0.1, -0.05) is 18.2 Å². The number of aromatic nitrogens is 1. The normalized spacial score (nSPS) is 14.0. The van der Waals surface area contributed by atoms with Gasteiger partial charge in [0.15, 0.2) is 6.29 Å². The molecule has 1 fully saturated rings. The third kappa shape index (κ3) is 3.16. The molecule has 136 valence electrons. The van der Waals surface area contributed by atoms with Crippen LogP contribution >= 0.6 is 0 Å². The van der Waals surface area contributed by atoms with Crippen molar-refractivity contribution in [1.29, 1.82) is 0 Å². The van der Waals surface area contributed by atoms with Crippen LogP contribution in [0.2, 0.25) is 0 Å². The lowest BCUT2D eigenvalue weighted by Gasteiger charge is -2.19. The molecule has 5 nitrogen and oxygen atoms in total. The quantitative estimate of drug-likeness (QED) is 0.639. The SMILES string of the molecule is CCOc1cc(N2CCCC2=O)ccc1-c1cc2ccccc2nc1C=O. The van der Waals surface area contributed by atoms with Crippen molar-refractivity contribution >= 4 is 28.8 Å². The molecule has 2 aromatic carbocycles. The molecule has 5 heteroatoms. The monoisotopic (exact) mass is 360 g/mol. The van der Waals surface area contributed by atoms with Gasteiger partial charge in [-0.2, -0.15) is 0 Å². The fourth-order valence-electron chi connectivity index (χ4n) is 3.53. The Hall–Kier alpha value is -3.21. The van der Waals surface area contributed by atoms with Gasteiger partial charge in [-0.3, -0.25) is 9.59 Å². The minimum atomic E-state index is 0.131. The molecule has 27 heavy (non-hydrogen) atoms. The van der Waals surface area contributed by atoms with Gasteiger partial charge in [-0.15, -0.1) is 0 Å². The Morgan fingerprint density at radius 1 is 1.15 bits per heavy atom. The number of nitrogens with zero attached hydrogens (tertiary/aromatic N) is 2. The van der Waals surface area contributed by atoms with Crippen molar-refractivity contribution in [2.24, 2.45) is 0 Å². The number of ether oxygens (including phenoxy) is 1. The number of carbonyl (C=O) groups is 2. The summed E-state index contributed by atoms with van der Waals surface area (Å²) in [6, 6.07) is 15.4. The first-order chi connectivity index (χ1) is 13.2. The van der Waals surface area contributed by atoms with Crippen molar-refractivity contribution in [1.82, 2.24) is 4.98 Å². The Balaban J connectivity index is 1.86. The summed E-state index contributed by atoms with van der Waals surface area (Å²) in [5.41, 5.74) is 3.50. The lowest BCUT2D eigenvalue weighted by molar-refractivity contribution is -0.117. The molecular weight excluding hydrogens is 340 g/mol. The maximum Gasteiger partial charge on any atom is 0.227 e. The van der Waals surface area contributed by atoms with Crippen LogP contribution in [0.5, 0.6) is 5.75 Å². The van der Waals surface area contributed by atoms with Gasteiger partial charge < -0.3 is 9.64 Å². The Labute approximate surface area is 157 Å². The zero-order valence-electron chi connectivity index (χ0n) is 15.1. The van der Waals surface area contributed by atoms with Crippen LogP contribution in [0.15, 0.2) is 48.5 Å². The van der Waals surface area contributed by atoms with E-state index in [0.29, 0.717) is 24.5 Å². The molecule has 2 heterocycles. The van der Waals surface area contributed by atoms with Gasteiger partial charge in [0, 0.05) is 41.2 Å². The van der Waals surface area contributed by atoms with Crippen molar-refractivity contribution in [2.45, 2.75) is 19.8 Å². The molecule has 4 rings (SSSR count). The first kappa shape index (κ1) is 17.2. The highest BCUT2D eigenvalue weighted by atomic mass is 16.5. The van der Waals surface area contributed by atoms with E-state index < -0.39 is 0 Å². The molecule has 3 aromatic rings. The zero-order chi connectivity index (χ0) is 18.8. The predicted octanol–water partition coefficient (Wildman–Crippen LogP) is 4.24. The molecule has 1 aliphatic rings. The smallest absolute Gasteiger partial charge is 0.227 e. The third-order valence-electron chi connectivity index (χ3n) is 4.81. The van der Waals surface area contributed by atoms with Crippen molar-refractivity contribution in [2.75, 3.05) is 18.1 Å². The maximum absolute atomic E-state index is 12.1. The maximum atomic E-state index is 12.1. The average molecular weight is 360 g/mol. The van der Waals surface area contributed by atoms with Crippen LogP contribution in [0.4, 0.5) is 5.69 Å². The lowest BCUT2D eigenvalue weighted by Crippen LogP contribution is -2.23. The molecule has 0 N–H and O–H groups in total. The highest BCUT2D eigenvalue weighted by Crippen LogP contribution is 2.37. The van der Waals surface area contributed by atoms with E-state index in [0.717, 1.165) is 47.0 Å². The topological polar surface area (TPSA) is 59.5 Å². The molecule has 0 saturated carbocycles. The zero-order valence-corrected chi connectivity index (χ0v) is 15.1. The van der Waals surface area contributed by atoms with E-state index in [1.165, 1.54) is 0 Å². The van der Waals surface area contributed by atoms with E-state index in [4.69, 9.17) is 4.74 Å². The second kappa shape index (κ2) is 7.19. The summed E-state index contributed by atoms with van der Waals surface area (Å²) >= 11 is 0. The van der Waals surface area contributed by atoms with Gasteiger partial charge in [0.1, 0.15) is 11.4 Å². The minimum Gasteiger partial charge on any atom is -0.493 e. The van der Waals surface area contributed by atoms with Crippen LogP contribution < -0.4 is 9.64 Å². The summed E-state index contributed by atoms with van der Waals surface area (Å²) in [6.07, 6.45) is 2.22. The Bertz CT molecular complexity index is 1030. The molecule has 0 aliphatic carbocycles. The lowest BCUT2D eigenvalue weighted by atomic mass is 10.00. The summed E-state index contributed by atoms with van der Waals surface area (Å²) < 4.78 is 5.86. The Kier molecular flexibility index (Phi) is 4.59. The van der Waals surface area contributed by atoms with Crippen molar-refractivity contribution in [3.63, 3.8) is 0 Å². The van der Waals surface area contributed by atoms with Crippen LogP contribution in [0.1, 0.15) is 30.3 Å². The van der Waals surface area contributed by atoms with Crippen LogP contribution in [0.25, 0.3) is 22.0 Å². The van der Waals surface area contributed by atoms with E-state index in [9.17, 15) is 9.59 Å². The number of fused-ring (bicyclic) bond motifs is 1. The number of anilines is 1. The van der Waals surface area contributed by atoms with Gasteiger partial charge in [-0.25, -0.2) is 4.98 Å². The summed E-state index contributed by atoms with van der Waals surface area (Å²) in [7, 11) is 0. The average Bonchev–Trinajstić information content (AvgIpc) is 3.13. The van der Waals surface area contributed by atoms with Crippen molar-refractivity contribution in [3.8, 4) is 16.9 Å². The third-order valence-corrected chi connectivity index (χ3v) is 4.81. The summed E-state index contributed by atoms with van der Waals surface area (Å²) in [5, 5.41) is 0.958. The predicted molar refractivity (Wildman–Crippen MR) is 105 cm³/mol. The highest BCUT2D eigenvalue weighted by molar-refractivity contribution is 5.97. The minimum absolute atomic E-state index is 0.131. The number of pyridine rings is 1. The van der Waals surface area contributed by atoms with Gasteiger partial charge in [0.05, 0.1) is 12.1 Å². The summed E-state index contributed by atoms with van der Waals surface area (Å²) in [5.74, 6) is 0.779. The molecule has 0 radical (unpaired) electrons. The number of hydrogen-bond acceptors (Lipinski definition) is 4. The van der Waals surface area contributed by atoms with Crippen LogP contribution in [0.3, 0.4) is 0 Å². The van der Waals surface area contributed by atoms with Crippen molar-refractivity contribution in [3.05, 3.63) is 54.2 Å². The summed E-state index contributed by atoms with van der Waals surface area (Å²) in [6.45, 7) is 3.12. The van der Waals surface area contributed by atoms with Crippen molar-refractivity contribution < 1.29 is 14.3 Å². The van der Waals surface area contributed by atoms with E-state index in [2.05, 4.69) is 4.98 Å². The molecule has 0 spiro atoms. The van der Waals surface area contributed by atoms with E-state index in [1.807, 2.05) is 55.5 Å². The van der Waals surface area contributed by atoms with Gasteiger partial charge >= 0.3 is 0 Å². The van der Waals surface area contributed by atoms with Gasteiger partial charge in [-0.05, 0) is 37.6 Å². The number of aldehydes is 1. The first-order valence-corrected chi connectivity index (χ1v) is 9.14.